The zero-order valence-electron chi connectivity index (χ0n) is 10.5. The van der Waals surface area contributed by atoms with Crippen LogP contribution in [0.1, 0.15) is 31.1 Å². The van der Waals surface area contributed by atoms with Crippen molar-refractivity contribution >= 4 is 17.9 Å². The first kappa shape index (κ1) is 14.2. The Bertz CT molecular complexity index is 703. The summed E-state index contributed by atoms with van der Waals surface area (Å²) in [5.74, 6) is -3.66. The van der Waals surface area contributed by atoms with Gasteiger partial charge in [-0.25, -0.2) is 14.4 Å². The summed E-state index contributed by atoms with van der Waals surface area (Å²) in [5.41, 5.74) is 0.171. The number of carbonyl (C=O) groups is 3. The number of hydrogen-bond donors (Lipinski definition) is 3. The van der Waals surface area contributed by atoms with Crippen molar-refractivity contribution in [1.82, 2.24) is 4.98 Å². The van der Waals surface area contributed by atoms with E-state index in [1.807, 2.05) is 0 Å². The van der Waals surface area contributed by atoms with E-state index in [9.17, 15) is 14.4 Å². The number of nitrogens with zero attached hydrogens (tertiary/aromatic N) is 1. The van der Waals surface area contributed by atoms with Crippen LogP contribution in [-0.4, -0.2) is 38.2 Å². The Morgan fingerprint density at radius 2 is 1.29 bits per heavy atom. The molecule has 0 spiro atoms. The molecule has 0 saturated carbocycles. The molecule has 0 radical (unpaired) electrons. The molecule has 0 aliphatic rings. The molecule has 0 saturated heterocycles. The van der Waals surface area contributed by atoms with E-state index in [1.54, 1.807) is 0 Å². The number of hydrogen-bond acceptors (Lipinski definition) is 4. The minimum absolute atomic E-state index is 0.0217. The summed E-state index contributed by atoms with van der Waals surface area (Å²) in [6, 6.07) is 6.28. The molecule has 0 unspecified atom stereocenters. The lowest BCUT2D eigenvalue weighted by molar-refractivity contribution is 0.0682. The first-order valence-electron chi connectivity index (χ1n) is 5.70. The number of rotatable bonds is 4. The van der Waals surface area contributed by atoms with Gasteiger partial charge in [-0.05, 0) is 30.3 Å². The molecular weight excluding hydrogens is 278 g/mol. The van der Waals surface area contributed by atoms with Crippen molar-refractivity contribution in [2.45, 2.75) is 0 Å². The van der Waals surface area contributed by atoms with Gasteiger partial charge in [-0.1, -0.05) is 0 Å². The van der Waals surface area contributed by atoms with Crippen LogP contribution in [0.15, 0.2) is 36.5 Å². The van der Waals surface area contributed by atoms with E-state index in [-0.39, 0.29) is 27.9 Å². The first-order chi connectivity index (χ1) is 9.88. The molecule has 0 fully saturated rings. The lowest BCUT2D eigenvalue weighted by atomic mass is 10.0. The number of benzene rings is 1. The summed E-state index contributed by atoms with van der Waals surface area (Å²) in [5, 5.41) is 26.8. The van der Waals surface area contributed by atoms with Gasteiger partial charge in [0.25, 0.3) is 0 Å². The van der Waals surface area contributed by atoms with Crippen molar-refractivity contribution in [3.05, 3.63) is 53.2 Å². The Morgan fingerprint density at radius 3 is 1.67 bits per heavy atom. The molecule has 0 atom stereocenters. The summed E-state index contributed by atoms with van der Waals surface area (Å²) in [4.78, 5) is 36.7. The van der Waals surface area contributed by atoms with Crippen molar-refractivity contribution in [2.24, 2.45) is 0 Å². The molecule has 1 aromatic carbocycles. The second-order valence-electron chi connectivity index (χ2n) is 4.15. The molecular formula is C14H9NO6. The summed E-state index contributed by atoms with van der Waals surface area (Å²) in [6.07, 6.45) is 1.12. The molecule has 21 heavy (non-hydrogen) atoms. The number of carboxylic acid groups (broad SMARTS) is 3. The van der Waals surface area contributed by atoms with Crippen molar-refractivity contribution < 1.29 is 29.7 Å². The standard InChI is InChI=1S/C14H9NO6/c16-12(17)7-1-2-11(15-6-7)8-3-9(13(18)19)5-10(4-8)14(20)21/h1-6H,(H,16,17)(H,18,19)(H,20,21). The van der Waals surface area contributed by atoms with Gasteiger partial charge in [0.2, 0.25) is 0 Å². The van der Waals surface area contributed by atoms with Crippen LogP contribution < -0.4 is 0 Å². The minimum atomic E-state index is -1.26. The third kappa shape index (κ3) is 3.03. The first-order valence-corrected chi connectivity index (χ1v) is 5.70. The largest absolute Gasteiger partial charge is 0.478 e. The van der Waals surface area contributed by atoms with Gasteiger partial charge < -0.3 is 15.3 Å². The maximum absolute atomic E-state index is 11.0. The molecule has 1 aromatic heterocycles. The number of pyridine rings is 1. The maximum Gasteiger partial charge on any atom is 0.337 e. The van der Waals surface area contributed by atoms with E-state index in [2.05, 4.69) is 4.98 Å². The summed E-state index contributed by atoms with van der Waals surface area (Å²) in [7, 11) is 0. The molecule has 7 heteroatoms. The van der Waals surface area contributed by atoms with E-state index in [0.29, 0.717) is 0 Å². The summed E-state index contributed by atoms with van der Waals surface area (Å²) >= 11 is 0. The van der Waals surface area contributed by atoms with E-state index in [0.717, 1.165) is 12.3 Å². The van der Waals surface area contributed by atoms with Crippen LogP contribution in [0.25, 0.3) is 11.3 Å². The molecule has 3 N–H and O–H groups in total. The Labute approximate surface area is 118 Å². The fraction of sp³-hybridized carbons (Fsp3) is 0. The van der Waals surface area contributed by atoms with Crippen molar-refractivity contribution in [3.63, 3.8) is 0 Å². The summed E-state index contributed by atoms with van der Waals surface area (Å²) < 4.78 is 0. The molecule has 0 aliphatic heterocycles. The number of carboxylic acids is 3. The SMILES string of the molecule is O=C(O)c1ccc(-c2cc(C(=O)O)cc(C(=O)O)c2)nc1. The quantitative estimate of drug-likeness (QED) is 0.783. The smallest absolute Gasteiger partial charge is 0.337 e. The fourth-order valence-corrected chi connectivity index (χ4v) is 1.71. The van der Waals surface area contributed by atoms with Crippen molar-refractivity contribution in [1.29, 1.82) is 0 Å². The lowest BCUT2D eigenvalue weighted by Gasteiger charge is -2.05. The topological polar surface area (TPSA) is 125 Å². The van der Waals surface area contributed by atoms with E-state index < -0.39 is 17.9 Å². The normalized spacial score (nSPS) is 10.1. The van der Waals surface area contributed by atoms with Gasteiger partial charge in [-0.3, -0.25) is 4.98 Å². The summed E-state index contributed by atoms with van der Waals surface area (Å²) in [6.45, 7) is 0. The molecule has 2 aromatic rings. The third-order valence-corrected chi connectivity index (χ3v) is 2.73. The Kier molecular flexibility index (Phi) is 3.66. The van der Waals surface area contributed by atoms with Crippen LogP contribution in [0.5, 0.6) is 0 Å². The maximum atomic E-state index is 11.0. The highest BCUT2D eigenvalue weighted by molar-refractivity contribution is 5.96. The average Bonchev–Trinajstić information content (AvgIpc) is 2.46. The van der Waals surface area contributed by atoms with E-state index in [1.165, 1.54) is 24.3 Å². The van der Waals surface area contributed by atoms with Crippen LogP contribution in [0.2, 0.25) is 0 Å². The van der Waals surface area contributed by atoms with Gasteiger partial charge in [0.05, 0.1) is 22.4 Å². The van der Waals surface area contributed by atoms with Crippen molar-refractivity contribution in [3.8, 4) is 11.3 Å². The second kappa shape index (κ2) is 5.41. The Hall–Kier alpha value is -3.22. The predicted octanol–water partition coefficient (Wildman–Crippen LogP) is 1.84. The van der Waals surface area contributed by atoms with Gasteiger partial charge in [0, 0.05) is 11.8 Å². The Balaban J connectivity index is 2.54. The third-order valence-electron chi connectivity index (χ3n) is 2.73. The van der Waals surface area contributed by atoms with Crippen LogP contribution in [0, 0.1) is 0 Å². The van der Waals surface area contributed by atoms with Crippen LogP contribution in [0.4, 0.5) is 0 Å². The molecule has 2 rings (SSSR count). The van der Waals surface area contributed by atoms with Crippen LogP contribution >= 0.6 is 0 Å². The zero-order valence-corrected chi connectivity index (χ0v) is 10.5. The van der Waals surface area contributed by atoms with Gasteiger partial charge in [0.15, 0.2) is 0 Å². The van der Waals surface area contributed by atoms with Crippen molar-refractivity contribution in [2.75, 3.05) is 0 Å². The molecule has 0 bridgehead atoms. The molecule has 0 amide bonds. The highest BCUT2D eigenvalue weighted by atomic mass is 16.4. The van der Waals surface area contributed by atoms with Gasteiger partial charge >= 0.3 is 17.9 Å². The molecule has 7 nitrogen and oxygen atoms in total. The average molecular weight is 287 g/mol. The van der Waals surface area contributed by atoms with E-state index in [4.69, 9.17) is 15.3 Å². The monoisotopic (exact) mass is 287 g/mol. The van der Waals surface area contributed by atoms with Gasteiger partial charge in [-0.2, -0.15) is 0 Å². The number of aromatic carboxylic acids is 3. The predicted molar refractivity (Wildman–Crippen MR) is 70.6 cm³/mol. The fourth-order valence-electron chi connectivity index (χ4n) is 1.71. The zero-order chi connectivity index (χ0) is 15.6. The molecule has 1 heterocycles. The van der Waals surface area contributed by atoms with Crippen LogP contribution in [-0.2, 0) is 0 Å². The minimum Gasteiger partial charge on any atom is -0.478 e. The highest BCUT2D eigenvalue weighted by Gasteiger charge is 2.13. The van der Waals surface area contributed by atoms with Crippen LogP contribution in [0.3, 0.4) is 0 Å². The van der Waals surface area contributed by atoms with Gasteiger partial charge in [0.1, 0.15) is 0 Å². The molecule has 106 valence electrons. The Morgan fingerprint density at radius 1 is 0.762 bits per heavy atom. The lowest BCUT2D eigenvalue weighted by Crippen LogP contribution is -2.03. The highest BCUT2D eigenvalue weighted by Crippen LogP contribution is 2.21. The number of aromatic nitrogens is 1. The van der Waals surface area contributed by atoms with Gasteiger partial charge in [-0.15, -0.1) is 0 Å². The molecule has 0 aliphatic carbocycles. The second-order valence-corrected chi connectivity index (χ2v) is 4.15. The van der Waals surface area contributed by atoms with E-state index >= 15 is 0 Å².